The molecule has 60 heavy (non-hydrogen) atoms. The van der Waals surface area contributed by atoms with Crippen molar-refractivity contribution in [3.8, 4) is 39.0 Å². The summed E-state index contributed by atoms with van der Waals surface area (Å²) in [5.74, 6) is 0. The third-order valence-corrected chi connectivity index (χ3v) is 19.0. The first kappa shape index (κ1) is 49.7. The Kier molecular flexibility index (Phi) is 23.5. The number of hydrogen-bond donors (Lipinski definition) is 0. The van der Waals surface area contributed by atoms with Crippen molar-refractivity contribution in [2.75, 3.05) is 0 Å². The minimum atomic E-state index is 0.871. The first-order valence-electron chi connectivity index (χ1n) is 24.2. The number of halogens is 1. The number of unbranched alkanes of at least 4 members (excludes halogenated alkanes) is 20. The normalized spacial score (nSPS) is 11.7. The Hall–Kier alpha value is -1.35. The van der Waals surface area contributed by atoms with E-state index in [0.717, 1.165) is 30.4 Å². The largest absolute Gasteiger partial charge is 0.297 e. The van der Waals surface area contributed by atoms with Gasteiger partial charge in [0.1, 0.15) is 0 Å². The Morgan fingerprint density at radius 3 is 1.12 bits per heavy atom. The minimum absolute atomic E-state index is 0.871. The molecule has 0 atom stereocenters. The van der Waals surface area contributed by atoms with Gasteiger partial charge in [-0.25, -0.2) is 0 Å². The van der Waals surface area contributed by atoms with Gasteiger partial charge in [-0.15, -0.1) is 56.7 Å². The molecule has 0 spiro atoms. The van der Waals surface area contributed by atoms with E-state index < -0.39 is 0 Å². The zero-order chi connectivity index (χ0) is 42.4. The predicted molar refractivity (Wildman–Crippen MR) is 279 cm³/mol. The Bertz CT molecular complexity index is 1930. The fourth-order valence-electron chi connectivity index (χ4n) is 8.53. The van der Waals surface area contributed by atoms with Crippen molar-refractivity contribution in [2.24, 2.45) is 0 Å². The first-order valence-corrected chi connectivity index (χ1v) is 29.1. The molecular weight excluding hydrogens is 893 g/mol. The molecule has 5 aromatic rings. The van der Waals surface area contributed by atoms with Crippen molar-refractivity contribution >= 4 is 78.9 Å². The summed E-state index contributed by atoms with van der Waals surface area (Å²) in [5, 5.41) is 0. The van der Waals surface area contributed by atoms with Crippen LogP contribution in [0, 0.1) is 0 Å². The Morgan fingerprint density at radius 2 is 0.717 bits per heavy atom. The van der Waals surface area contributed by atoms with E-state index in [-0.39, 0.29) is 0 Å². The van der Waals surface area contributed by atoms with Crippen LogP contribution < -0.4 is 0 Å². The van der Waals surface area contributed by atoms with Crippen LogP contribution in [0.15, 0.2) is 40.2 Å². The molecule has 5 aromatic heterocycles. The lowest BCUT2D eigenvalue weighted by Gasteiger charge is -2.04. The van der Waals surface area contributed by atoms with E-state index >= 15 is 0 Å². The summed E-state index contributed by atoms with van der Waals surface area (Å²) >= 11 is 13.6. The van der Waals surface area contributed by atoms with Crippen molar-refractivity contribution in [1.82, 2.24) is 0 Å². The number of hydrogen-bond acceptors (Lipinski definition) is 6. The van der Waals surface area contributed by atoms with Crippen LogP contribution >= 0.6 is 72.6 Å². The smallest absolute Gasteiger partial charge is 0.160 e. The molecule has 0 radical (unpaired) electrons. The van der Waals surface area contributed by atoms with E-state index in [4.69, 9.17) is 0 Å². The number of aryl methyl sites for hydroxylation is 4. The molecule has 5 rings (SSSR count). The molecule has 0 fully saturated rings. The average Bonchev–Trinajstić information content (AvgIpc) is 4.10. The lowest BCUT2D eigenvalue weighted by Crippen LogP contribution is -1.87. The van der Waals surface area contributed by atoms with Crippen LogP contribution in [-0.2, 0) is 25.7 Å². The molecule has 330 valence electrons. The molecule has 0 aliphatic rings. The van der Waals surface area contributed by atoms with Crippen molar-refractivity contribution in [2.45, 2.75) is 207 Å². The van der Waals surface area contributed by atoms with Crippen LogP contribution in [0.5, 0.6) is 0 Å². The third kappa shape index (κ3) is 15.7. The zero-order valence-corrected chi connectivity index (χ0v) is 43.3. The fourth-order valence-corrected chi connectivity index (χ4v) is 15.2. The van der Waals surface area contributed by atoms with Gasteiger partial charge in [-0.05, 0) is 126 Å². The van der Waals surface area contributed by atoms with Gasteiger partial charge in [-0.3, -0.25) is 4.79 Å². The maximum atomic E-state index is 12.1. The SMILES string of the molecule is CCCCCCCCc1cc(Br)sc1-c1cc(CCCCCCCC)c(-c2ccc(-c3sc(-c4sc(C=O)cc4CCCCCCCC)cc3CCCCCCCC)s2)s1. The zero-order valence-electron chi connectivity index (χ0n) is 37.7. The summed E-state index contributed by atoms with van der Waals surface area (Å²) in [6.45, 7) is 9.21. The van der Waals surface area contributed by atoms with Gasteiger partial charge in [0.05, 0.1) is 8.66 Å². The number of carbonyl (C=O) groups is 1. The van der Waals surface area contributed by atoms with Gasteiger partial charge in [-0.2, -0.15) is 0 Å². The summed E-state index contributed by atoms with van der Waals surface area (Å²) in [4.78, 5) is 24.4. The topological polar surface area (TPSA) is 17.1 Å². The first-order chi connectivity index (χ1) is 29.5. The van der Waals surface area contributed by atoms with Crippen molar-refractivity contribution in [3.63, 3.8) is 0 Å². The highest BCUT2D eigenvalue weighted by molar-refractivity contribution is 9.11. The molecule has 5 heterocycles. The lowest BCUT2D eigenvalue weighted by atomic mass is 10.0. The quantitative estimate of drug-likeness (QED) is 0.0302. The van der Waals surface area contributed by atoms with E-state index in [1.54, 1.807) is 16.9 Å². The maximum absolute atomic E-state index is 12.1. The van der Waals surface area contributed by atoms with Crippen molar-refractivity contribution in [3.05, 3.63) is 67.3 Å². The molecule has 1 nitrogen and oxygen atoms in total. The van der Waals surface area contributed by atoms with Gasteiger partial charge in [0.15, 0.2) is 6.29 Å². The van der Waals surface area contributed by atoms with E-state index in [0.29, 0.717) is 0 Å². The van der Waals surface area contributed by atoms with Crippen LogP contribution in [0.3, 0.4) is 0 Å². The number of carbonyl (C=O) groups excluding carboxylic acids is 1. The van der Waals surface area contributed by atoms with Crippen LogP contribution in [0.2, 0.25) is 0 Å². The summed E-state index contributed by atoms with van der Waals surface area (Å²) < 4.78 is 1.26. The molecule has 0 N–H and O–H groups in total. The van der Waals surface area contributed by atoms with Gasteiger partial charge >= 0.3 is 0 Å². The molecule has 0 amide bonds. The van der Waals surface area contributed by atoms with E-state index in [1.807, 2.05) is 45.3 Å². The standard InChI is InChI=1S/C53H75BrOS5/c1-5-9-13-17-21-25-29-40-35-44(39-55)56-52(40)47-36-41(30-26-22-18-14-10-6-2)50(58-47)45-33-34-46(57-45)51-42(31-27-23-19-15-11-7-3)37-48(59-51)53-43(38-49(54)60-53)32-28-24-20-16-12-8-4/h33-39H,5-32H2,1-4H3. The summed E-state index contributed by atoms with van der Waals surface area (Å²) in [6, 6.07) is 14.6. The van der Waals surface area contributed by atoms with E-state index in [1.165, 1.54) is 220 Å². The minimum Gasteiger partial charge on any atom is -0.297 e. The maximum Gasteiger partial charge on any atom is 0.160 e. The second kappa shape index (κ2) is 28.4. The summed E-state index contributed by atoms with van der Waals surface area (Å²) in [5.41, 5.74) is 5.96. The Balaban J connectivity index is 1.44. The van der Waals surface area contributed by atoms with Crippen molar-refractivity contribution < 1.29 is 4.79 Å². The number of thiophene rings is 5. The monoisotopic (exact) mass is 966 g/mol. The van der Waals surface area contributed by atoms with Gasteiger partial charge in [0.25, 0.3) is 0 Å². The van der Waals surface area contributed by atoms with Crippen LogP contribution in [0.25, 0.3) is 39.0 Å². The van der Waals surface area contributed by atoms with Crippen molar-refractivity contribution in [1.29, 1.82) is 0 Å². The van der Waals surface area contributed by atoms with Gasteiger partial charge in [-0.1, -0.05) is 156 Å². The van der Waals surface area contributed by atoms with Gasteiger partial charge in [0.2, 0.25) is 0 Å². The van der Waals surface area contributed by atoms with Crippen LogP contribution in [-0.4, -0.2) is 6.29 Å². The average molecular weight is 968 g/mol. The molecule has 0 aliphatic heterocycles. The van der Waals surface area contributed by atoms with Gasteiger partial charge < -0.3 is 0 Å². The highest BCUT2D eigenvalue weighted by Crippen LogP contribution is 2.50. The molecule has 0 aromatic carbocycles. The molecule has 0 saturated carbocycles. The highest BCUT2D eigenvalue weighted by Gasteiger charge is 2.22. The molecule has 0 bridgehead atoms. The number of rotatable bonds is 33. The molecular formula is C53H75BrOS5. The molecule has 0 aliphatic carbocycles. The fraction of sp³-hybridized carbons (Fsp3) is 0.604. The summed E-state index contributed by atoms with van der Waals surface area (Å²) in [6.07, 6.45) is 37.2. The number of aldehydes is 1. The lowest BCUT2D eigenvalue weighted by molar-refractivity contribution is 0.112. The molecule has 0 saturated heterocycles. The second-order valence-electron chi connectivity index (χ2n) is 17.2. The second-order valence-corrected chi connectivity index (χ2v) is 23.9. The van der Waals surface area contributed by atoms with Gasteiger partial charge in [0, 0.05) is 39.0 Å². The third-order valence-electron chi connectivity index (χ3n) is 12.0. The van der Waals surface area contributed by atoms with E-state index in [9.17, 15) is 4.79 Å². The van der Waals surface area contributed by atoms with Crippen LogP contribution in [0.1, 0.15) is 214 Å². The summed E-state index contributed by atoms with van der Waals surface area (Å²) in [7, 11) is 0. The molecule has 0 unspecified atom stereocenters. The van der Waals surface area contributed by atoms with E-state index in [2.05, 4.69) is 80.0 Å². The predicted octanol–water partition coefficient (Wildman–Crippen LogP) is 20.8. The Labute approximate surface area is 394 Å². The molecule has 7 heteroatoms. The Morgan fingerprint density at radius 1 is 0.383 bits per heavy atom. The van der Waals surface area contributed by atoms with Crippen LogP contribution in [0.4, 0.5) is 0 Å². The highest BCUT2D eigenvalue weighted by atomic mass is 79.9.